The van der Waals surface area contributed by atoms with Crippen molar-refractivity contribution < 1.29 is 19.8 Å². The Labute approximate surface area is 190 Å². The van der Waals surface area contributed by atoms with Crippen molar-refractivity contribution in [1.82, 2.24) is 0 Å². The summed E-state index contributed by atoms with van der Waals surface area (Å²) in [5.74, 6) is -2.13. The van der Waals surface area contributed by atoms with E-state index in [1.54, 1.807) is 0 Å². The summed E-state index contributed by atoms with van der Waals surface area (Å²) in [4.78, 5) is 24.7. The van der Waals surface area contributed by atoms with Crippen molar-refractivity contribution in [3.05, 3.63) is 12.2 Å². The molecular formula is C27H48O4. The van der Waals surface area contributed by atoms with Gasteiger partial charge >= 0.3 is 11.9 Å². The summed E-state index contributed by atoms with van der Waals surface area (Å²) in [5.41, 5.74) is -2.41. The molecule has 0 saturated carbocycles. The van der Waals surface area contributed by atoms with E-state index in [9.17, 15) is 19.8 Å². The van der Waals surface area contributed by atoms with Gasteiger partial charge in [-0.2, -0.15) is 0 Å². The Morgan fingerprint density at radius 1 is 0.710 bits per heavy atom. The van der Waals surface area contributed by atoms with E-state index >= 15 is 0 Å². The van der Waals surface area contributed by atoms with E-state index in [4.69, 9.17) is 0 Å². The Morgan fingerprint density at radius 2 is 1.13 bits per heavy atom. The van der Waals surface area contributed by atoms with E-state index in [1.807, 2.05) is 26.0 Å². The molecule has 1 rings (SSSR count). The minimum absolute atomic E-state index is 0.224. The Bertz CT molecular complexity index is 553. The monoisotopic (exact) mass is 436 g/mol. The van der Waals surface area contributed by atoms with Crippen molar-refractivity contribution in [2.45, 2.75) is 130 Å². The smallest absolute Gasteiger partial charge is 0.311 e. The number of aliphatic carboxylic acids is 2. The number of hydrogen-bond acceptors (Lipinski definition) is 2. The minimum atomic E-state index is -1.22. The number of unbranched alkanes of at least 4 members (excludes halogenated alkanes) is 13. The lowest BCUT2D eigenvalue weighted by Gasteiger charge is -2.49. The van der Waals surface area contributed by atoms with Crippen molar-refractivity contribution in [2.24, 2.45) is 16.7 Å². The van der Waals surface area contributed by atoms with Crippen molar-refractivity contribution in [2.75, 3.05) is 0 Å². The molecule has 2 N–H and O–H groups in total. The topological polar surface area (TPSA) is 74.6 Å². The Hall–Kier alpha value is -1.32. The average Bonchev–Trinajstić information content (AvgIpc) is 2.73. The highest BCUT2D eigenvalue weighted by Gasteiger charge is 2.62. The zero-order chi connectivity index (χ0) is 23.2. The van der Waals surface area contributed by atoms with Gasteiger partial charge in [0.1, 0.15) is 0 Å². The van der Waals surface area contributed by atoms with Crippen molar-refractivity contribution in [1.29, 1.82) is 0 Å². The van der Waals surface area contributed by atoms with Crippen LogP contribution in [0.1, 0.15) is 130 Å². The van der Waals surface area contributed by atoms with Gasteiger partial charge in [-0.25, -0.2) is 0 Å². The minimum Gasteiger partial charge on any atom is -0.481 e. The molecule has 0 bridgehead atoms. The fourth-order valence-corrected chi connectivity index (χ4v) is 5.59. The predicted molar refractivity (Wildman–Crippen MR) is 128 cm³/mol. The average molecular weight is 437 g/mol. The first-order valence-corrected chi connectivity index (χ1v) is 13.0. The number of carboxylic acids is 2. The number of carbonyl (C=O) groups is 2. The third-order valence-corrected chi connectivity index (χ3v) is 7.66. The van der Waals surface area contributed by atoms with E-state index in [1.165, 1.54) is 70.6 Å². The molecule has 0 aromatic heterocycles. The second kappa shape index (κ2) is 14.7. The fourth-order valence-electron chi connectivity index (χ4n) is 5.59. The highest BCUT2D eigenvalue weighted by Crippen LogP contribution is 2.56. The number of rotatable bonds is 18. The molecule has 0 heterocycles. The summed E-state index contributed by atoms with van der Waals surface area (Å²) in [6.45, 7) is 5.97. The first kappa shape index (κ1) is 27.7. The molecule has 180 valence electrons. The van der Waals surface area contributed by atoms with E-state index in [2.05, 4.69) is 6.92 Å². The molecule has 0 fully saturated rings. The SMILES string of the molecule is CCCCCCCCCCCCCCCCC1(C(=O)O)CC=CCC1(C(=O)O)C(C)C. The van der Waals surface area contributed by atoms with Crippen molar-refractivity contribution in [3.8, 4) is 0 Å². The normalized spacial score (nSPS) is 23.4. The summed E-state index contributed by atoms with van der Waals surface area (Å²) >= 11 is 0. The molecule has 0 spiro atoms. The van der Waals surface area contributed by atoms with Gasteiger partial charge in [0.15, 0.2) is 0 Å². The Morgan fingerprint density at radius 3 is 1.52 bits per heavy atom. The standard InChI is InChI=1S/C27H48O4/c1-4-5-6-7-8-9-10-11-12-13-14-15-16-17-20-26(24(28)29)21-18-19-22-27(26,23(2)3)25(30)31/h18-19,23H,4-17,20-22H2,1-3H3,(H,28,29)(H,30,31). The summed E-state index contributed by atoms with van der Waals surface area (Å²) < 4.78 is 0. The molecule has 0 saturated heterocycles. The van der Waals surface area contributed by atoms with E-state index < -0.39 is 22.8 Å². The molecule has 2 atom stereocenters. The van der Waals surface area contributed by atoms with Gasteiger partial charge in [-0.05, 0) is 25.2 Å². The molecule has 4 heteroatoms. The highest BCUT2D eigenvalue weighted by molar-refractivity contribution is 5.87. The maximum atomic E-state index is 12.4. The fraction of sp³-hybridized carbons (Fsp3) is 0.852. The molecular weight excluding hydrogens is 388 g/mol. The van der Waals surface area contributed by atoms with E-state index in [0.717, 1.165) is 19.3 Å². The highest BCUT2D eigenvalue weighted by atomic mass is 16.4. The lowest BCUT2D eigenvalue weighted by molar-refractivity contribution is -0.181. The van der Waals surface area contributed by atoms with Gasteiger partial charge in [0.25, 0.3) is 0 Å². The predicted octanol–water partition coefficient (Wildman–Crippen LogP) is 8.01. The second-order valence-corrected chi connectivity index (χ2v) is 10.0. The first-order valence-electron chi connectivity index (χ1n) is 13.0. The van der Waals surface area contributed by atoms with E-state index in [0.29, 0.717) is 19.3 Å². The van der Waals surface area contributed by atoms with Crippen LogP contribution in [0.4, 0.5) is 0 Å². The summed E-state index contributed by atoms with van der Waals surface area (Å²) in [7, 11) is 0. The zero-order valence-electron chi connectivity index (χ0n) is 20.5. The van der Waals surface area contributed by atoms with Crippen LogP contribution in [0.3, 0.4) is 0 Å². The van der Waals surface area contributed by atoms with Crippen molar-refractivity contribution >= 4 is 11.9 Å². The molecule has 2 unspecified atom stereocenters. The van der Waals surface area contributed by atoms with Crippen LogP contribution in [-0.2, 0) is 9.59 Å². The van der Waals surface area contributed by atoms with Crippen LogP contribution in [0.15, 0.2) is 12.2 Å². The summed E-state index contributed by atoms with van der Waals surface area (Å²) in [5, 5.41) is 20.2. The second-order valence-electron chi connectivity index (χ2n) is 10.0. The van der Waals surface area contributed by atoms with Gasteiger partial charge in [0.05, 0.1) is 10.8 Å². The Kier molecular flexibility index (Phi) is 13.1. The Balaban J connectivity index is 2.32. The molecule has 0 amide bonds. The molecule has 0 aliphatic heterocycles. The van der Waals surface area contributed by atoms with Crippen LogP contribution < -0.4 is 0 Å². The summed E-state index contributed by atoms with van der Waals surface area (Å²) in [6.07, 6.45) is 22.4. The van der Waals surface area contributed by atoms with Crippen LogP contribution >= 0.6 is 0 Å². The third kappa shape index (κ3) is 7.64. The van der Waals surface area contributed by atoms with Crippen LogP contribution in [-0.4, -0.2) is 22.2 Å². The molecule has 4 nitrogen and oxygen atoms in total. The quantitative estimate of drug-likeness (QED) is 0.168. The molecule has 1 aliphatic carbocycles. The number of allylic oxidation sites excluding steroid dienone is 2. The van der Waals surface area contributed by atoms with Gasteiger partial charge in [0.2, 0.25) is 0 Å². The largest absolute Gasteiger partial charge is 0.481 e. The lowest BCUT2D eigenvalue weighted by Crippen LogP contribution is -2.56. The summed E-state index contributed by atoms with van der Waals surface area (Å²) in [6, 6.07) is 0. The van der Waals surface area contributed by atoms with Gasteiger partial charge < -0.3 is 10.2 Å². The zero-order valence-corrected chi connectivity index (χ0v) is 20.5. The van der Waals surface area contributed by atoms with Gasteiger partial charge in [-0.3, -0.25) is 9.59 Å². The number of carboxylic acid groups (broad SMARTS) is 2. The van der Waals surface area contributed by atoms with Gasteiger partial charge in [-0.15, -0.1) is 0 Å². The maximum Gasteiger partial charge on any atom is 0.311 e. The molecule has 0 aromatic rings. The van der Waals surface area contributed by atoms with Crippen LogP contribution in [0, 0.1) is 16.7 Å². The van der Waals surface area contributed by atoms with Crippen LogP contribution in [0.25, 0.3) is 0 Å². The molecule has 0 aromatic carbocycles. The van der Waals surface area contributed by atoms with Crippen molar-refractivity contribution in [3.63, 3.8) is 0 Å². The molecule has 0 radical (unpaired) electrons. The lowest BCUT2D eigenvalue weighted by atomic mass is 9.51. The van der Waals surface area contributed by atoms with Gasteiger partial charge in [-0.1, -0.05) is 123 Å². The number of hydrogen-bond donors (Lipinski definition) is 2. The van der Waals surface area contributed by atoms with Crippen LogP contribution in [0.5, 0.6) is 0 Å². The van der Waals surface area contributed by atoms with Gasteiger partial charge in [0, 0.05) is 0 Å². The van der Waals surface area contributed by atoms with E-state index in [-0.39, 0.29) is 5.92 Å². The first-order chi connectivity index (χ1) is 14.8. The van der Waals surface area contributed by atoms with Crippen LogP contribution in [0.2, 0.25) is 0 Å². The molecule has 1 aliphatic rings. The third-order valence-electron chi connectivity index (χ3n) is 7.66. The maximum absolute atomic E-state index is 12.4. The molecule has 31 heavy (non-hydrogen) atoms.